The first kappa shape index (κ1) is 20.3. The largest absolute Gasteiger partial charge is 0.388 e. The molecule has 0 saturated carbocycles. The Balaban J connectivity index is 1.67. The predicted molar refractivity (Wildman–Crippen MR) is 113 cm³/mol. The van der Waals surface area contributed by atoms with Crippen LogP contribution in [0.4, 0.5) is 5.82 Å². The second-order valence-corrected chi connectivity index (χ2v) is 8.41. The van der Waals surface area contributed by atoms with E-state index in [0.717, 1.165) is 30.2 Å². The molecule has 2 aliphatic heterocycles. The lowest BCUT2D eigenvalue weighted by Crippen LogP contribution is -2.41. The van der Waals surface area contributed by atoms with Crippen LogP contribution in [-0.2, 0) is 16.8 Å². The summed E-state index contributed by atoms with van der Waals surface area (Å²) in [4.78, 5) is 9.30. The van der Waals surface area contributed by atoms with Crippen molar-refractivity contribution in [3.63, 3.8) is 0 Å². The molecular formula is C23H31N3O3. The van der Waals surface area contributed by atoms with Gasteiger partial charge in [0.25, 0.3) is 0 Å². The highest BCUT2D eigenvalue weighted by Gasteiger charge is 2.37. The lowest BCUT2D eigenvalue weighted by molar-refractivity contribution is -0.0212. The van der Waals surface area contributed by atoms with Gasteiger partial charge in [-0.2, -0.15) is 0 Å². The van der Waals surface area contributed by atoms with Gasteiger partial charge in [0.1, 0.15) is 11.9 Å². The number of β-amino-alcohol motifs (C(OH)–C–C–N with tert-alkyl or cyclic N) is 1. The first-order valence-corrected chi connectivity index (χ1v) is 10.4. The van der Waals surface area contributed by atoms with Crippen molar-refractivity contribution >= 4 is 5.82 Å². The number of aromatic nitrogens is 1. The molecule has 2 aromatic rings. The van der Waals surface area contributed by atoms with E-state index in [4.69, 9.17) is 9.72 Å². The average molecular weight is 398 g/mol. The standard InChI is InChI=1S/C23H31N3O3/c1-25-12-10-23(28,11-13-25)18-8-9-22(26-15-20(27)21(16-26)29-2)24-19(18)14-17-6-4-3-5-7-17/h3-9,20-21,27-28H,10-16H2,1-2H3. The highest BCUT2D eigenvalue weighted by atomic mass is 16.5. The van der Waals surface area contributed by atoms with E-state index in [2.05, 4.69) is 29.0 Å². The number of aliphatic hydroxyl groups is 2. The van der Waals surface area contributed by atoms with E-state index in [1.165, 1.54) is 5.56 Å². The second kappa shape index (κ2) is 8.40. The molecule has 3 heterocycles. The minimum Gasteiger partial charge on any atom is -0.388 e. The molecule has 29 heavy (non-hydrogen) atoms. The number of pyridine rings is 1. The van der Waals surface area contributed by atoms with Crippen LogP contribution in [0.3, 0.4) is 0 Å². The highest BCUT2D eigenvalue weighted by Crippen LogP contribution is 2.36. The van der Waals surface area contributed by atoms with Crippen molar-refractivity contribution in [2.24, 2.45) is 0 Å². The molecule has 0 radical (unpaired) electrons. The second-order valence-electron chi connectivity index (χ2n) is 8.41. The van der Waals surface area contributed by atoms with Crippen LogP contribution in [0.2, 0.25) is 0 Å². The molecule has 2 fully saturated rings. The number of methoxy groups -OCH3 is 1. The number of benzene rings is 1. The fourth-order valence-corrected chi connectivity index (χ4v) is 4.45. The normalized spacial score (nSPS) is 24.8. The van der Waals surface area contributed by atoms with Crippen LogP contribution < -0.4 is 4.90 Å². The maximum atomic E-state index is 11.5. The molecule has 6 heteroatoms. The van der Waals surface area contributed by atoms with E-state index >= 15 is 0 Å². The molecule has 2 atom stereocenters. The molecule has 0 bridgehead atoms. The molecule has 2 N–H and O–H groups in total. The Morgan fingerprint density at radius 1 is 1.10 bits per heavy atom. The van der Waals surface area contributed by atoms with Crippen molar-refractivity contribution in [2.45, 2.75) is 37.1 Å². The number of piperidine rings is 1. The zero-order valence-corrected chi connectivity index (χ0v) is 17.3. The Hall–Kier alpha value is -1.99. The Morgan fingerprint density at radius 3 is 2.48 bits per heavy atom. The predicted octanol–water partition coefficient (Wildman–Crippen LogP) is 1.78. The van der Waals surface area contributed by atoms with Gasteiger partial charge in [-0.15, -0.1) is 0 Å². The fraction of sp³-hybridized carbons (Fsp3) is 0.522. The van der Waals surface area contributed by atoms with Crippen LogP contribution >= 0.6 is 0 Å². The zero-order valence-electron chi connectivity index (χ0n) is 17.3. The van der Waals surface area contributed by atoms with Crippen molar-refractivity contribution in [3.8, 4) is 0 Å². The van der Waals surface area contributed by atoms with Gasteiger partial charge >= 0.3 is 0 Å². The number of aliphatic hydroxyl groups excluding tert-OH is 1. The van der Waals surface area contributed by atoms with E-state index in [-0.39, 0.29) is 6.10 Å². The molecule has 0 aliphatic carbocycles. The highest BCUT2D eigenvalue weighted by molar-refractivity contribution is 5.46. The average Bonchev–Trinajstić information content (AvgIpc) is 3.12. The van der Waals surface area contributed by atoms with Crippen LogP contribution in [0, 0.1) is 0 Å². The van der Waals surface area contributed by atoms with Gasteiger partial charge in [0.05, 0.1) is 17.4 Å². The summed E-state index contributed by atoms with van der Waals surface area (Å²) in [5.74, 6) is 0.829. The van der Waals surface area contributed by atoms with Gasteiger partial charge < -0.3 is 24.7 Å². The molecule has 1 aromatic heterocycles. The summed E-state index contributed by atoms with van der Waals surface area (Å²) in [7, 11) is 3.72. The topological polar surface area (TPSA) is 69.1 Å². The molecule has 1 aromatic carbocycles. The first-order valence-electron chi connectivity index (χ1n) is 10.4. The van der Waals surface area contributed by atoms with Crippen LogP contribution in [0.5, 0.6) is 0 Å². The van der Waals surface area contributed by atoms with Crippen molar-refractivity contribution in [1.29, 1.82) is 0 Å². The molecular weight excluding hydrogens is 366 g/mol. The summed E-state index contributed by atoms with van der Waals surface area (Å²) in [5, 5.41) is 21.7. The number of nitrogens with zero attached hydrogens (tertiary/aromatic N) is 3. The van der Waals surface area contributed by atoms with E-state index in [9.17, 15) is 10.2 Å². The lowest BCUT2D eigenvalue weighted by atomic mass is 9.82. The summed E-state index contributed by atoms with van der Waals surface area (Å²) in [6.45, 7) is 2.86. The van der Waals surface area contributed by atoms with Gasteiger partial charge in [-0.05, 0) is 31.5 Å². The number of likely N-dealkylation sites (tertiary alicyclic amines) is 1. The fourth-order valence-electron chi connectivity index (χ4n) is 4.45. The monoisotopic (exact) mass is 397 g/mol. The third-order valence-corrected chi connectivity index (χ3v) is 6.35. The van der Waals surface area contributed by atoms with Crippen LogP contribution in [-0.4, -0.2) is 72.6 Å². The molecule has 0 amide bonds. The Kier molecular flexibility index (Phi) is 5.88. The Morgan fingerprint density at radius 2 is 1.83 bits per heavy atom. The smallest absolute Gasteiger partial charge is 0.129 e. The number of anilines is 1. The molecule has 2 aliphatic rings. The van der Waals surface area contributed by atoms with E-state index < -0.39 is 11.7 Å². The summed E-state index contributed by atoms with van der Waals surface area (Å²) in [6.07, 6.45) is 1.37. The summed E-state index contributed by atoms with van der Waals surface area (Å²) in [6, 6.07) is 14.3. The SMILES string of the molecule is COC1CN(c2ccc(C3(O)CCN(C)CC3)c(Cc3ccccc3)n2)CC1O. The zero-order chi connectivity index (χ0) is 20.4. The van der Waals surface area contributed by atoms with Gasteiger partial charge in [0.2, 0.25) is 0 Å². The number of rotatable bonds is 5. The van der Waals surface area contributed by atoms with Gasteiger partial charge in [-0.1, -0.05) is 36.4 Å². The lowest BCUT2D eigenvalue weighted by Gasteiger charge is -2.38. The third-order valence-electron chi connectivity index (χ3n) is 6.35. The van der Waals surface area contributed by atoms with Crippen molar-refractivity contribution in [1.82, 2.24) is 9.88 Å². The summed E-state index contributed by atoms with van der Waals surface area (Å²) < 4.78 is 5.38. The summed E-state index contributed by atoms with van der Waals surface area (Å²) >= 11 is 0. The maximum absolute atomic E-state index is 11.5. The van der Waals surface area contributed by atoms with E-state index in [1.54, 1.807) is 7.11 Å². The number of hydrogen-bond acceptors (Lipinski definition) is 6. The minimum atomic E-state index is -0.845. The molecule has 2 saturated heterocycles. The molecule has 2 unspecified atom stereocenters. The molecule has 156 valence electrons. The third kappa shape index (κ3) is 4.31. The first-order chi connectivity index (χ1) is 14.0. The number of ether oxygens (including phenoxy) is 1. The van der Waals surface area contributed by atoms with Crippen molar-refractivity contribution in [2.75, 3.05) is 45.2 Å². The molecule has 6 nitrogen and oxygen atoms in total. The van der Waals surface area contributed by atoms with Gasteiger partial charge in [-0.25, -0.2) is 4.98 Å². The molecule has 0 spiro atoms. The van der Waals surface area contributed by atoms with E-state index in [1.807, 2.05) is 30.3 Å². The van der Waals surface area contributed by atoms with Gasteiger partial charge in [-0.3, -0.25) is 0 Å². The van der Waals surface area contributed by atoms with Gasteiger partial charge in [0.15, 0.2) is 0 Å². The minimum absolute atomic E-state index is 0.202. The van der Waals surface area contributed by atoms with Crippen LogP contribution in [0.25, 0.3) is 0 Å². The number of hydrogen-bond donors (Lipinski definition) is 2. The van der Waals surface area contributed by atoms with Gasteiger partial charge in [0, 0.05) is 45.3 Å². The van der Waals surface area contributed by atoms with Crippen LogP contribution in [0.15, 0.2) is 42.5 Å². The quantitative estimate of drug-likeness (QED) is 0.802. The molecule has 4 rings (SSSR count). The summed E-state index contributed by atoms with van der Waals surface area (Å²) in [5.41, 5.74) is 2.17. The Labute approximate surface area is 172 Å². The maximum Gasteiger partial charge on any atom is 0.129 e. The van der Waals surface area contributed by atoms with Crippen molar-refractivity contribution < 1.29 is 14.9 Å². The van der Waals surface area contributed by atoms with Crippen molar-refractivity contribution in [3.05, 3.63) is 59.3 Å². The van der Waals surface area contributed by atoms with Crippen LogP contribution in [0.1, 0.15) is 29.7 Å². The van der Waals surface area contributed by atoms with E-state index in [0.29, 0.717) is 32.4 Å². The Bertz CT molecular complexity index is 821.